The highest BCUT2D eigenvalue weighted by Gasteiger charge is 2.16. The predicted molar refractivity (Wildman–Crippen MR) is 107 cm³/mol. The van der Waals surface area contributed by atoms with Gasteiger partial charge >= 0.3 is 0 Å². The molecule has 2 heterocycles. The number of benzene rings is 2. The van der Waals surface area contributed by atoms with E-state index in [4.69, 9.17) is 0 Å². The summed E-state index contributed by atoms with van der Waals surface area (Å²) in [6, 6.07) is 16.5. The number of para-hydroxylation sites is 1. The molecule has 0 spiro atoms. The number of thiophene rings is 1. The van der Waals surface area contributed by atoms with Gasteiger partial charge in [0.25, 0.3) is 5.56 Å². The molecule has 4 rings (SSSR count). The summed E-state index contributed by atoms with van der Waals surface area (Å²) in [7, 11) is 0. The van der Waals surface area contributed by atoms with Crippen molar-refractivity contribution in [3.63, 3.8) is 0 Å². The molecule has 0 bridgehead atoms. The Morgan fingerprint density at radius 3 is 2.70 bits per heavy atom. The third-order valence-corrected chi connectivity index (χ3v) is 5.71. The van der Waals surface area contributed by atoms with Crippen LogP contribution in [0.1, 0.15) is 10.4 Å². The van der Waals surface area contributed by atoms with Gasteiger partial charge in [-0.1, -0.05) is 42.1 Å². The van der Waals surface area contributed by atoms with Crippen molar-refractivity contribution < 1.29 is 9.18 Å². The van der Waals surface area contributed by atoms with Gasteiger partial charge in [0, 0.05) is 5.56 Å². The zero-order chi connectivity index (χ0) is 18.8. The fraction of sp³-hybridized carbons (Fsp3) is 0.0500. The maximum atomic E-state index is 13.4. The highest BCUT2D eigenvalue weighted by atomic mass is 32.2. The molecule has 0 aliphatic rings. The van der Waals surface area contributed by atoms with E-state index in [-0.39, 0.29) is 17.1 Å². The first-order valence-corrected chi connectivity index (χ1v) is 9.97. The van der Waals surface area contributed by atoms with Crippen LogP contribution in [-0.2, 0) is 0 Å². The van der Waals surface area contributed by atoms with Crippen LogP contribution in [-0.4, -0.2) is 21.1 Å². The molecular weight excluding hydrogens is 383 g/mol. The molecule has 2 aromatic heterocycles. The van der Waals surface area contributed by atoms with Crippen LogP contribution < -0.4 is 5.56 Å². The SMILES string of the molecule is O=C(CSc1nc2sccc2c(=O)n1-c1ccccc1)c1cccc(F)c1. The van der Waals surface area contributed by atoms with Crippen molar-refractivity contribution in [1.82, 2.24) is 9.55 Å². The van der Waals surface area contributed by atoms with E-state index in [0.29, 0.717) is 26.6 Å². The average Bonchev–Trinajstić information content (AvgIpc) is 3.16. The summed E-state index contributed by atoms with van der Waals surface area (Å²) in [5.74, 6) is -0.621. The maximum absolute atomic E-state index is 13.4. The molecule has 0 aliphatic carbocycles. The number of carbonyl (C=O) groups is 1. The molecule has 0 aliphatic heterocycles. The first-order valence-electron chi connectivity index (χ1n) is 8.11. The van der Waals surface area contributed by atoms with E-state index in [0.717, 1.165) is 0 Å². The van der Waals surface area contributed by atoms with Crippen LogP contribution in [0.5, 0.6) is 0 Å². The Hall–Kier alpha value is -2.77. The van der Waals surface area contributed by atoms with E-state index in [9.17, 15) is 14.0 Å². The molecule has 0 saturated heterocycles. The normalized spacial score (nSPS) is 11.0. The molecule has 27 heavy (non-hydrogen) atoms. The van der Waals surface area contributed by atoms with Gasteiger partial charge in [-0.2, -0.15) is 0 Å². The number of hydrogen-bond donors (Lipinski definition) is 0. The second-order valence-corrected chi connectivity index (χ2v) is 7.57. The summed E-state index contributed by atoms with van der Waals surface area (Å²) < 4.78 is 14.9. The molecule has 2 aromatic carbocycles. The van der Waals surface area contributed by atoms with Gasteiger partial charge in [-0.05, 0) is 35.7 Å². The van der Waals surface area contributed by atoms with Crippen molar-refractivity contribution in [3.05, 3.63) is 87.8 Å². The minimum Gasteiger partial charge on any atom is -0.293 e. The van der Waals surface area contributed by atoms with Crippen LogP contribution in [0, 0.1) is 5.82 Å². The Morgan fingerprint density at radius 1 is 1.11 bits per heavy atom. The van der Waals surface area contributed by atoms with Crippen LogP contribution in [0.4, 0.5) is 4.39 Å². The molecule has 0 atom stereocenters. The fourth-order valence-electron chi connectivity index (χ4n) is 2.67. The number of aromatic nitrogens is 2. The first-order chi connectivity index (χ1) is 13.1. The van der Waals surface area contributed by atoms with Crippen molar-refractivity contribution >= 4 is 39.1 Å². The smallest absolute Gasteiger partial charge is 0.267 e. The van der Waals surface area contributed by atoms with Crippen LogP contribution in [0.25, 0.3) is 15.9 Å². The Kier molecular flexibility index (Phi) is 4.87. The standard InChI is InChI=1S/C20H13FN2O2S2/c21-14-6-4-5-13(11-14)17(24)12-27-20-22-18-16(9-10-26-18)19(25)23(20)15-7-2-1-3-8-15/h1-11H,12H2. The minimum atomic E-state index is -0.454. The van der Waals surface area contributed by atoms with E-state index in [1.165, 1.54) is 45.9 Å². The number of fused-ring (bicyclic) bond motifs is 1. The highest BCUT2D eigenvalue weighted by molar-refractivity contribution is 7.99. The van der Waals surface area contributed by atoms with Gasteiger partial charge < -0.3 is 0 Å². The monoisotopic (exact) mass is 396 g/mol. The van der Waals surface area contributed by atoms with Crippen LogP contribution in [0.2, 0.25) is 0 Å². The van der Waals surface area contributed by atoms with Gasteiger partial charge in [0.05, 0.1) is 16.8 Å². The van der Waals surface area contributed by atoms with E-state index in [2.05, 4.69) is 4.98 Å². The van der Waals surface area contributed by atoms with Gasteiger partial charge in [0.1, 0.15) is 10.6 Å². The van der Waals surface area contributed by atoms with Crippen molar-refractivity contribution in [2.24, 2.45) is 0 Å². The molecule has 4 nitrogen and oxygen atoms in total. The third kappa shape index (κ3) is 3.56. The van der Waals surface area contributed by atoms with E-state index >= 15 is 0 Å². The molecule has 134 valence electrons. The number of carbonyl (C=O) groups excluding carboxylic acids is 1. The second kappa shape index (κ2) is 7.46. The van der Waals surface area contributed by atoms with Gasteiger partial charge in [-0.15, -0.1) is 11.3 Å². The second-order valence-electron chi connectivity index (χ2n) is 5.73. The predicted octanol–water partition coefficient (Wildman–Crippen LogP) is 4.56. The summed E-state index contributed by atoms with van der Waals surface area (Å²) in [4.78, 5) is 30.6. The number of rotatable bonds is 5. The Bertz CT molecular complexity index is 1190. The Morgan fingerprint density at radius 2 is 1.93 bits per heavy atom. The molecule has 0 fully saturated rings. The van der Waals surface area contributed by atoms with Crippen LogP contribution in [0.15, 0.2) is 76.0 Å². The number of ketones is 1. The number of hydrogen-bond acceptors (Lipinski definition) is 5. The molecule has 0 unspecified atom stereocenters. The third-order valence-electron chi connectivity index (χ3n) is 3.96. The molecule has 0 amide bonds. The highest BCUT2D eigenvalue weighted by Crippen LogP contribution is 2.24. The Balaban J connectivity index is 1.72. The van der Waals surface area contributed by atoms with Crippen molar-refractivity contribution in [3.8, 4) is 5.69 Å². The topological polar surface area (TPSA) is 52.0 Å². The lowest BCUT2D eigenvalue weighted by Crippen LogP contribution is -2.21. The molecule has 4 aromatic rings. The quantitative estimate of drug-likeness (QED) is 0.282. The summed E-state index contributed by atoms with van der Waals surface area (Å²) in [5, 5.41) is 2.80. The molecule has 0 N–H and O–H groups in total. The minimum absolute atomic E-state index is 0.0552. The number of Topliss-reactive ketones (excluding diaryl/α,β-unsaturated/α-hetero) is 1. The van der Waals surface area contributed by atoms with Gasteiger partial charge in [-0.25, -0.2) is 9.37 Å². The average molecular weight is 396 g/mol. The number of halogens is 1. The van der Waals surface area contributed by atoms with Gasteiger partial charge in [0.2, 0.25) is 0 Å². The number of thioether (sulfide) groups is 1. The Labute approximate surface area is 162 Å². The maximum Gasteiger partial charge on any atom is 0.267 e. The summed E-state index contributed by atoms with van der Waals surface area (Å²) in [6.07, 6.45) is 0. The van der Waals surface area contributed by atoms with Gasteiger partial charge in [-0.3, -0.25) is 14.2 Å². The molecule has 0 saturated carbocycles. The molecular formula is C20H13FN2O2S2. The van der Waals surface area contributed by atoms with E-state index in [1.54, 1.807) is 12.1 Å². The summed E-state index contributed by atoms with van der Waals surface area (Å²) >= 11 is 2.55. The molecule has 0 radical (unpaired) electrons. The zero-order valence-corrected chi connectivity index (χ0v) is 15.6. The van der Waals surface area contributed by atoms with E-state index in [1.807, 2.05) is 35.7 Å². The number of nitrogens with zero attached hydrogens (tertiary/aromatic N) is 2. The van der Waals surface area contributed by atoms with Crippen molar-refractivity contribution in [2.75, 3.05) is 5.75 Å². The lowest BCUT2D eigenvalue weighted by atomic mass is 10.1. The molecule has 7 heteroatoms. The van der Waals surface area contributed by atoms with Crippen LogP contribution >= 0.6 is 23.1 Å². The lowest BCUT2D eigenvalue weighted by molar-refractivity contribution is 0.102. The zero-order valence-electron chi connectivity index (χ0n) is 14.0. The summed E-state index contributed by atoms with van der Waals surface area (Å²) in [6.45, 7) is 0. The largest absolute Gasteiger partial charge is 0.293 e. The summed E-state index contributed by atoms with van der Waals surface area (Å²) in [5.41, 5.74) is 0.810. The van der Waals surface area contributed by atoms with Gasteiger partial charge in [0.15, 0.2) is 10.9 Å². The lowest BCUT2D eigenvalue weighted by Gasteiger charge is -2.11. The fourth-order valence-corrected chi connectivity index (χ4v) is 4.38. The van der Waals surface area contributed by atoms with Crippen molar-refractivity contribution in [1.29, 1.82) is 0 Å². The van der Waals surface area contributed by atoms with Crippen LogP contribution in [0.3, 0.4) is 0 Å². The van der Waals surface area contributed by atoms with E-state index < -0.39 is 5.82 Å². The van der Waals surface area contributed by atoms with Crippen molar-refractivity contribution in [2.45, 2.75) is 5.16 Å². The first kappa shape index (κ1) is 17.6.